The Bertz CT molecular complexity index is 724. The summed E-state index contributed by atoms with van der Waals surface area (Å²) in [5.74, 6) is 0. The second-order valence-corrected chi connectivity index (χ2v) is 7.96. The van der Waals surface area contributed by atoms with Crippen LogP contribution in [0.4, 0.5) is 0 Å². The number of hydrogen-bond donors (Lipinski definition) is 2. The van der Waals surface area contributed by atoms with E-state index >= 15 is 0 Å². The second-order valence-electron chi connectivity index (χ2n) is 7.96. The van der Waals surface area contributed by atoms with E-state index in [0.717, 1.165) is 13.0 Å². The zero-order valence-electron chi connectivity index (χ0n) is 15.4. The van der Waals surface area contributed by atoms with Gasteiger partial charge in [-0.05, 0) is 64.3 Å². The Hall–Kier alpha value is -1.32. The molecule has 1 saturated heterocycles. The fourth-order valence-corrected chi connectivity index (χ4v) is 4.82. The fraction of sp³-hybridized carbons (Fsp3) is 0.619. The van der Waals surface area contributed by atoms with Gasteiger partial charge in [0, 0.05) is 47.7 Å². The van der Waals surface area contributed by atoms with Gasteiger partial charge in [-0.2, -0.15) is 0 Å². The highest BCUT2D eigenvalue weighted by atomic mass is 15.0. The molecule has 0 amide bonds. The minimum absolute atomic E-state index is 0.446. The minimum atomic E-state index is 0.446. The molecule has 1 aromatic carbocycles. The Morgan fingerprint density at radius 2 is 2.08 bits per heavy atom. The lowest BCUT2D eigenvalue weighted by Crippen LogP contribution is -2.37. The Balaban J connectivity index is 1.72. The van der Waals surface area contributed by atoms with Gasteiger partial charge in [0.05, 0.1) is 0 Å². The first kappa shape index (κ1) is 16.2. The van der Waals surface area contributed by atoms with Gasteiger partial charge in [0.15, 0.2) is 0 Å². The first-order chi connectivity index (χ1) is 11.6. The van der Waals surface area contributed by atoms with Crippen molar-refractivity contribution in [3.63, 3.8) is 0 Å². The average molecular weight is 325 g/mol. The molecule has 3 heteroatoms. The number of benzene rings is 1. The maximum atomic E-state index is 3.74. The number of nitrogens with one attached hydrogen (secondary N) is 2. The van der Waals surface area contributed by atoms with Gasteiger partial charge in [-0.15, -0.1) is 0 Å². The quantitative estimate of drug-likeness (QED) is 0.890. The van der Waals surface area contributed by atoms with Crippen LogP contribution < -0.4 is 10.6 Å². The maximum Gasteiger partial charge on any atom is 0.0486 e. The van der Waals surface area contributed by atoms with E-state index < -0.39 is 0 Å². The fourth-order valence-electron chi connectivity index (χ4n) is 4.82. The van der Waals surface area contributed by atoms with Crippen molar-refractivity contribution in [1.29, 1.82) is 0 Å². The van der Waals surface area contributed by atoms with Gasteiger partial charge in [0.1, 0.15) is 0 Å². The van der Waals surface area contributed by atoms with Crippen LogP contribution in [0, 0.1) is 6.92 Å². The molecule has 0 radical (unpaired) electrons. The molecule has 2 aliphatic heterocycles. The Morgan fingerprint density at radius 1 is 1.21 bits per heavy atom. The van der Waals surface area contributed by atoms with Crippen LogP contribution in [0.5, 0.6) is 0 Å². The highest BCUT2D eigenvalue weighted by molar-refractivity contribution is 5.87. The molecule has 0 spiro atoms. The molecule has 130 valence electrons. The monoisotopic (exact) mass is 325 g/mol. The molecule has 2 aromatic rings. The summed E-state index contributed by atoms with van der Waals surface area (Å²) in [5, 5.41) is 8.92. The van der Waals surface area contributed by atoms with Crippen molar-refractivity contribution in [2.24, 2.45) is 0 Å². The van der Waals surface area contributed by atoms with Gasteiger partial charge in [0.2, 0.25) is 0 Å². The summed E-state index contributed by atoms with van der Waals surface area (Å²) < 4.78 is 2.63. The topological polar surface area (TPSA) is 29.0 Å². The molecule has 1 fully saturated rings. The van der Waals surface area contributed by atoms with Gasteiger partial charge in [-0.1, -0.05) is 18.1 Å². The Labute approximate surface area is 145 Å². The van der Waals surface area contributed by atoms with Crippen molar-refractivity contribution in [2.45, 2.75) is 77.5 Å². The lowest BCUT2D eigenvalue weighted by atomic mass is 9.95. The number of aryl methyl sites for hydroxylation is 2. The minimum Gasteiger partial charge on any atom is -0.344 e. The first-order valence-corrected chi connectivity index (χ1v) is 9.74. The lowest BCUT2D eigenvalue weighted by Gasteiger charge is -2.29. The third kappa shape index (κ3) is 2.89. The van der Waals surface area contributed by atoms with Crippen LogP contribution in [-0.2, 0) is 13.0 Å². The predicted octanol–water partition coefficient (Wildman–Crippen LogP) is 4.08. The zero-order chi connectivity index (χ0) is 16.7. The second kappa shape index (κ2) is 6.53. The SMILES string of the molecule is Cc1ccc2c(c1)c1c(n2CCC2CCCCN2)CC(C)NC1C. The molecule has 3 atom stereocenters. The van der Waals surface area contributed by atoms with E-state index in [-0.39, 0.29) is 0 Å². The molecule has 4 rings (SSSR count). The molecule has 0 aliphatic carbocycles. The summed E-state index contributed by atoms with van der Waals surface area (Å²) in [4.78, 5) is 0. The maximum absolute atomic E-state index is 3.74. The van der Waals surface area contributed by atoms with Gasteiger partial charge < -0.3 is 15.2 Å². The highest BCUT2D eigenvalue weighted by Gasteiger charge is 2.28. The average Bonchev–Trinajstić information content (AvgIpc) is 2.86. The third-order valence-electron chi connectivity index (χ3n) is 5.95. The summed E-state index contributed by atoms with van der Waals surface area (Å²) >= 11 is 0. The Morgan fingerprint density at radius 3 is 2.88 bits per heavy atom. The first-order valence-electron chi connectivity index (χ1n) is 9.74. The lowest BCUT2D eigenvalue weighted by molar-refractivity contribution is 0.363. The van der Waals surface area contributed by atoms with E-state index in [1.54, 1.807) is 11.3 Å². The Kier molecular flexibility index (Phi) is 4.40. The molecule has 0 bridgehead atoms. The molecule has 3 unspecified atom stereocenters. The molecule has 2 N–H and O–H groups in total. The van der Waals surface area contributed by atoms with E-state index in [1.807, 2.05) is 0 Å². The van der Waals surface area contributed by atoms with E-state index in [2.05, 4.69) is 54.2 Å². The summed E-state index contributed by atoms with van der Waals surface area (Å²) in [6, 6.07) is 8.71. The smallest absolute Gasteiger partial charge is 0.0486 e. The zero-order valence-corrected chi connectivity index (χ0v) is 15.4. The van der Waals surface area contributed by atoms with Crippen LogP contribution in [0.3, 0.4) is 0 Å². The summed E-state index contributed by atoms with van der Waals surface area (Å²) in [7, 11) is 0. The van der Waals surface area contributed by atoms with Crippen LogP contribution in [0.25, 0.3) is 10.9 Å². The molecular weight excluding hydrogens is 294 g/mol. The normalized spacial score (nSPS) is 27.4. The van der Waals surface area contributed by atoms with Crippen molar-refractivity contribution >= 4 is 10.9 Å². The van der Waals surface area contributed by atoms with Crippen LogP contribution >= 0.6 is 0 Å². The molecule has 2 aliphatic rings. The molecular formula is C21H31N3. The van der Waals surface area contributed by atoms with Gasteiger partial charge in [-0.3, -0.25) is 0 Å². The van der Waals surface area contributed by atoms with Crippen LogP contribution in [0.15, 0.2) is 18.2 Å². The van der Waals surface area contributed by atoms with E-state index in [9.17, 15) is 0 Å². The number of rotatable bonds is 3. The third-order valence-corrected chi connectivity index (χ3v) is 5.95. The van der Waals surface area contributed by atoms with Gasteiger partial charge >= 0.3 is 0 Å². The van der Waals surface area contributed by atoms with Gasteiger partial charge in [0.25, 0.3) is 0 Å². The number of hydrogen-bond acceptors (Lipinski definition) is 2. The summed E-state index contributed by atoms with van der Waals surface area (Å²) in [6.45, 7) is 9.19. The summed E-state index contributed by atoms with van der Waals surface area (Å²) in [5.41, 5.74) is 5.92. The number of nitrogens with zero attached hydrogens (tertiary/aromatic N) is 1. The van der Waals surface area contributed by atoms with Crippen molar-refractivity contribution < 1.29 is 0 Å². The molecule has 3 nitrogen and oxygen atoms in total. The summed E-state index contributed by atoms with van der Waals surface area (Å²) in [6.07, 6.45) is 6.47. The molecule has 3 heterocycles. The van der Waals surface area contributed by atoms with Crippen LogP contribution in [-0.4, -0.2) is 23.2 Å². The predicted molar refractivity (Wildman–Crippen MR) is 102 cm³/mol. The van der Waals surface area contributed by atoms with E-state index in [4.69, 9.17) is 0 Å². The number of fused-ring (bicyclic) bond motifs is 3. The van der Waals surface area contributed by atoms with Crippen molar-refractivity contribution in [3.8, 4) is 0 Å². The highest BCUT2D eigenvalue weighted by Crippen LogP contribution is 2.36. The van der Waals surface area contributed by atoms with Crippen molar-refractivity contribution in [3.05, 3.63) is 35.0 Å². The van der Waals surface area contributed by atoms with Crippen molar-refractivity contribution in [2.75, 3.05) is 6.54 Å². The van der Waals surface area contributed by atoms with Gasteiger partial charge in [-0.25, -0.2) is 0 Å². The molecule has 1 aromatic heterocycles. The largest absolute Gasteiger partial charge is 0.344 e. The number of piperidine rings is 1. The van der Waals surface area contributed by atoms with Crippen molar-refractivity contribution in [1.82, 2.24) is 15.2 Å². The molecule has 0 saturated carbocycles. The standard InChI is InChI=1S/C21H31N3/c1-14-7-8-19-18(12-14)21-16(3)23-15(2)13-20(21)24(19)11-9-17-6-4-5-10-22-17/h7-8,12,15-17,22-23H,4-6,9-11,13H2,1-3H3. The number of aromatic nitrogens is 1. The van der Waals surface area contributed by atoms with Crippen LogP contribution in [0.2, 0.25) is 0 Å². The van der Waals surface area contributed by atoms with Crippen LogP contribution in [0.1, 0.15) is 62.4 Å². The van der Waals surface area contributed by atoms with E-state index in [1.165, 1.54) is 48.7 Å². The molecule has 24 heavy (non-hydrogen) atoms. The van der Waals surface area contributed by atoms with E-state index in [0.29, 0.717) is 18.1 Å².